The number of phenols is 1. The van der Waals surface area contributed by atoms with Gasteiger partial charge in [0.15, 0.2) is 0 Å². The van der Waals surface area contributed by atoms with E-state index >= 15 is 0 Å². The molecule has 0 saturated heterocycles. The third kappa shape index (κ3) is 2.29. The van der Waals surface area contributed by atoms with Crippen molar-refractivity contribution in [2.75, 3.05) is 18.2 Å². The first-order valence-electron chi connectivity index (χ1n) is 6.50. The Morgan fingerprint density at radius 2 is 1.79 bits per heavy atom. The van der Waals surface area contributed by atoms with E-state index in [2.05, 4.69) is 12.1 Å². The molecule has 0 spiro atoms. The fraction of sp³-hybridized carbons (Fsp3) is 0.250. The summed E-state index contributed by atoms with van der Waals surface area (Å²) in [5, 5.41) is 18.7. The Labute approximate surface area is 112 Å². The first-order chi connectivity index (χ1) is 9.28. The summed E-state index contributed by atoms with van der Waals surface area (Å²) in [5.74, 6) is 0.695. The third-order valence-electron chi connectivity index (χ3n) is 3.75. The largest absolute Gasteiger partial charge is 0.508 e. The Kier molecular flexibility index (Phi) is 3.13. The number of benzene rings is 2. The lowest BCUT2D eigenvalue weighted by atomic mass is 9.94. The zero-order chi connectivity index (χ0) is 13.2. The van der Waals surface area contributed by atoms with Gasteiger partial charge in [-0.05, 0) is 35.7 Å². The SMILES string of the molecule is OCN1CC(Cc2ccc(O)cc2)c2ccccc21. The van der Waals surface area contributed by atoms with E-state index in [0.29, 0.717) is 11.7 Å². The number of rotatable bonds is 3. The first-order valence-corrected chi connectivity index (χ1v) is 6.50. The number of nitrogens with zero attached hydrogens (tertiary/aromatic N) is 1. The number of aliphatic hydroxyl groups excluding tert-OH is 1. The number of fused-ring (bicyclic) bond motifs is 1. The minimum absolute atomic E-state index is 0.0586. The van der Waals surface area contributed by atoms with Crippen molar-refractivity contribution in [2.24, 2.45) is 0 Å². The van der Waals surface area contributed by atoms with Crippen LogP contribution in [-0.2, 0) is 6.42 Å². The quantitative estimate of drug-likeness (QED) is 0.885. The van der Waals surface area contributed by atoms with Crippen LogP contribution in [0.1, 0.15) is 17.0 Å². The maximum atomic E-state index is 9.43. The summed E-state index contributed by atoms with van der Waals surface area (Å²) in [5.41, 5.74) is 3.63. The van der Waals surface area contributed by atoms with Crippen molar-refractivity contribution >= 4 is 5.69 Å². The summed E-state index contributed by atoms with van der Waals surface area (Å²) < 4.78 is 0. The molecule has 3 nitrogen and oxygen atoms in total. The van der Waals surface area contributed by atoms with E-state index < -0.39 is 0 Å². The summed E-state index contributed by atoms with van der Waals surface area (Å²) in [6, 6.07) is 15.6. The molecule has 1 aliphatic heterocycles. The van der Waals surface area contributed by atoms with E-state index in [1.54, 1.807) is 12.1 Å². The molecule has 2 aromatic rings. The highest BCUT2D eigenvalue weighted by Gasteiger charge is 2.27. The molecular formula is C16H17NO2. The molecule has 0 aliphatic carbocycles. The molecule has 0 fully saturated rings. The summed E-state index contributed by atoms with van der Waals surface area (Å²) in [6.07, 6.45) is 0.924. The van der Waals surface area contributed by atoms with Crippen LogP contribution in [0.3, 0.4) is 0 Å². The molecular weight excluding hydrogens is 238 g/mol. The Morgan fingerprint density at radius 3 is 2.53 bits per heavy atom. The lowest BCUT2D eigenvalue weighted by Gasteiger charge is -2.16. The van der Waals surface area contributed by atoms with Gasteiger partial charge in [0.25, 0.3) is 0 Å². The third-order valence-corrected chi connectivity index (χ3v) is 3.75. The molecule has 1 atom stereocenters. The van der Waals surface area contributed by atoms with E-state index in [0.717, 1.165) is 18.7 Å². The fourth-order valence-electron chi connectivity index (χ4n) is 2.81. The second-order valence-electron chi connectivity index (χ2n) is 4.99. The standard InChI is InChI=1S/C16H17NO2/c18-11-17-10-13(15-3-1-2-4-16(15)17)9-12-5-7-14(19)8-6-12/h1-8,13,18-19H,9-11H2. The molecule has 19 heavy (non-hydrogen) atoms. The summed E-state index contributed by atoms with van der Waals surface area (Å²) in [4.78, 5) is 2.00. The Morgan fingerprint density at radius 1 is 1.05 bits per heavy atom. The molecule has 3 rings (SSSR count). The minimum atomic E-state index is 0.0586. The van der Waals surface area contributed by atoms with Gasteiger partial charge in [0, 0.05) is 18.2 Å². The molecule has 0 bridgehead atoms. The van der Waals surface area contributed by atoms with Crippen LogP contribution in [0.2, 0.25) is 0 Å². The van der Waals surface area contributed by atoms with Gasteiger partial charge in [-0.15, -0.1) is 0 Å². The van der Waals surface area contributed by atoms with E-state index in [4.69, 9.17) is 0 Å². The monoisotopic (exact) mass is 255 g/mol. The first kappa shape index (κ1) is 12.1. The maximum absolute atomic E-state index is 9.43. The van der Waals surface area contributed by atoms with E-state index in [1.165, 1.54) is 11.1 Å². The van der Waals surface area contributed by atoms with Crippen LogP contribution in [-0.4, -0.2) is 23.5 Å². The molecule has 0 amide bonds. The van der Waals surface area contributed by atoms with Crippen LogP contribution < -0.4 is 4.90 Å². The van der Waals surface area contributed by atoms with Crippen LogP contribution in [0.15, 0.2) is 48.5 Å². The van der Waals surface area contributed by atoms with Gasteiger partial charge in [0.2, 0.25) is 0 Å². The number of aromatic hydroxyl groups is 1. The van der Waals surface area contributed by atoms with Gasteiger partial charge in [-0.2, -0.15) is 0 Å². The Balaban J connectivity index is 1.85. The van der Waals surface area contributed by atoms with Crippen molar-refractivity contribution in [2.45, 2.75) is 12.3 Å². The molecule has 2 N–H and O–H groups in total. The number of hydrogen-bond acceptors (Lipinski definition) is 3. The van der Waals surface area contributed by atoms with Crippen molar-refractivity contribution < 1.29 is 10.2 Å². The predicted octanol–water partition coefficient (Wildman–Crippen LogP) is 2.49. The second kappa shape index (κ2) is 4.94. The number of para-hydroxylation sites is 1. The molecule has 0 radical (unpaired) electrons. The minimum Gasteiger partial charge on any atom is -0.508 e. The van der Waals surface area contributed by atoms with Crippen molar-refractivity contribution in [3.63, 3.8) is 0 Å². The van der Waals surface area contributed by atoms with Gasteiger partial charge in [-0.3, -0.25) is 0 Å². The smallest absolute Gasteiger partial charge is 0.115 e. The molecule has 0 saturated carbocycles. The van der Waals surface area contributed by atoms with E-state index in [-0.39, 0.29) is 6.73 Å². The van der Waals surface area contributed by atoms with E-state index in [9.17, 15) is 10.2 Å². The predicted molar refractivity (Wildman–Crippen MR) is 75.4 cm³/mol. The average Bonchev–Trinajstić information content (AvgIpc) is 2.80. The lowest BCUT2D eigenvalue weighted by Crippen LogP contribution is -2.23. The fourth-order valence-corrected chi connectivity index (χ4v) is 2.81. The van der Waals surface area contributed by atoms with Gasteiger partial charge in [0.1, 0.15) is 12.5 Å². The highest BCUT2D eigenvalue weighted by atomic mass is 16.3. The summed E-state index contributed by atoms with van der Waals surface area (Å²) >= 11 is 0. The summed E-state index contributed by atoms with van der Waals surface area (Å²) in [6.45, 7) is 0.903. The zero-order valence-corrected chi connectivity index (χ0v) is 10.7. The number of anilines is 1. The highest BCUT2D eigenvalue weighted by molar-refractivity contribution is 5.60. The number of aliphatic hydroxyl groups is 1. The molecule has 3 heteroatoms. The van der Waals surface area contributed by atoms with Crippen molar-refractivity contribution in [1.29, 1.82) is 0 Å². The second-order valence-corrected chi connectivity index (χ2v) is 4.99. The molecule has 2 aromatic carbocycles. The topological polar surface area (TPSA) is 43.7 Å². The summed E-state index contributed by atoms with van der Waals surface area (Å²) in [7, 11) is 0. The maximum Gasteiger partial charge on any atom is 0.115 e. The van der Waals surface area contributed by atoms with Crippen LogP contribution in [0, 0.1) is 0 Å². The number of phenolic OH excluding ortho intramolecular Hbond substituents is 1. The molecule has 1 unspecified atom stereocenters. The van der Waals surface area contributed by atoms with Gasteiger partial charge in [0.05, 0.1) is 0 Å². The molecule has 1 aliphatic rings. The Bertz CT molecular complexity index is 565. The van der Waals surface area contributed by atoms with E-state index in [1.807, 2.05) is 29.2 Å². The molecule has 0 aromatic heterocycles. The van der Waals surface area contributed by atoms with Crippen LogP contribution in [0.5, 0.6) is 5.75 Å². The van der Waals surface area contributed by atoms with Crippen molar-refractivity contribution in [1.82, 2.24) is 0 Å². The molecule has 1 heterocycles. The van der Waals surface area contributed by atoms with Gasteiger partial charge >= 0.3 is 0 Å². The van der Waals surface area contributed by atoms with Gasteiger partial charge < -0.3 is 15.1 Å². The average molecular weight is 255 g/mol. The molecule has 98 valence electrons. The van der Waals surface area contributed by atoms with Crippen LogP contribution in [0.4, 0.5) is 5.69 Å². The number of hydrogen-bond donors (Lipinski definition) is 2. The normalized spacial score (nSPS) is 17.5. The highest BCUT2D eigenvalue weighted by Crippen LogP contribution is 2.37. The van der Waals surface area contributed by atoms with Crippen LogP contribution in [0.25, 0.3) is 0 Å². The van der Waals surface area contributed by atoms with Gasteiger partial charge in [-0.25, -0.2) is 0 Å². The lowest BCUT2D eigenvalue weighted by molar-refractivity contribution is 0.292. The van der Waals surface area contributed by atoms with Crippen molar-refractivity contribution in [3.05, 3.63) is 59.7 Å². The van der Waals surface area contributed by atoms with Crippen molar-refractivity contribution in [3.8, 4) is 5.75 Å². The van der Waals surface area contributed by atoms with Crippen LogP contribution >= 0.6 is 0 Å². The Hall–Kier alpha value is -2.00. The zero-order valence-electron chi connectivity index (χ0n) is 10.7. The van der Waals surface area contributed by atoms with Gasteiger partial charge in [-0.1, -0.05) is 30.3 Å².